The lowest BCUT2D eigenvalue weighted by molar-refractivity contribution is -0.122. The summed E-state index contributed by atoms with van der Waals surface area (Å²) >= 11 is 14.0. The van der Waals surface area contributed by atoms with Crippen molar-refractivity contribution in [2.45, 2.75) is 30.2 Å². The highest BCUT2D eigenvalue weighted by atomic mass is 35.5. The van der Waals surface area contributed by atoms with Gasteiger partial charge < -0.3 is 15.5 Å². The Balaban J connectivity index is 1.23. The number of benzene rings is 2. The predicted octanol–water partition coefficient (Wildman–Crippen LogP) is 4.38. The molecule has 2 aliphatic rings. The van der Waals surface area contributed by atoms with E-state index >= 15 is 0 Å². The summed E-state index contributed by atoms with van der Waals surface area (Å²) in [5.41, 5.74) is 1.72. The summed E-state index contributed by atoms with van der Waals surface area (Å²) in [4.78, 5) is 26.9. The molecule has 9 heteroatoms. The van der Waals surface area contributed by atoms with E-state index in [1.807, 2.05) is 18.2 Å². The van der Waals surface area contributed by atoms with E-state index < -0.39 is 0 Å². The zero-order valence-electron chi connectivity index (χ0n) is 17.6. The van der Waals surface area contributed by atoms with Gasteiger partial charge in [-0.1, -0.05) is 59.6 Å². The molecular weight excluding hydrogens is 467 g/mol. The van der Waals surface area contributed by atoms with E-state index in [0.29, 0.717) is 35.4 Å². The molecule has 170 valence electrons. The highest BCUT2D eigenvalue weighted by Crippen LogP contribution is 2.39. The lowest BCUT2D eigenvalue weighted by Gasteiger charge is -2.39. The van der Waals surface area contributed by atoms with Crippen molar-refractivity contribution in [1.29, 1.82) is 0 Å². The summed E-state index contributed by atoms with van der Waals surface area (Å²) in [6.07, 6.45) is 2.38. The topological polar surface area (TPSA) is 73.5 Å². The van der Waals surface area contributed by atoms with Gasteiger partial charge in [-0.15, -0.1) is 11.8 Å². The van der Waals surface area contributed by atoms with Crippen LogP contribution in [0.1, 0.15) is 18.4 Å². The second-order valence-electron chi connectivity index (χ2n) is 8.05. The highest BCUT2D eigenvalue weighted by molar-refractivity contribution is 8.01. The van der Waals surface area contributed by atoms with Gasteiger partial charge in [0.05, 0.1) is 26.6 Å². The quantitative estimate of drug-likeness (QED) is 0.578. The number of carbonyl (C=O) groups excluding carboxylic acids is 2. The molecule has 6 nitrogen and oxygen atoms in total. The molecule has 2 aromatic rings. The van der Waals surface area contributed by atoms with Gasteiger partial charge in [-0.3, -0.25) is 10.1 Å². The maximum Gasteiger partial charge on any atom is 0.321 e. The summed E-state index contributed by atoms with van der Waals surface area (Å²) in [6.45, 7) is 1.83. The largest absolute Gasteiger partial charge is 0.354 e. The summed E-state index contributed by atoms with van der Waals surface area (Å²) in [5.74, 6) is 0.780. The van der Waals surface area contributed by atoms with E-state index in [-0.39, 0.29) is 22.9 Å². The minimum atomic E-state index is -0.207. The molecule has 32 heavy (non-hydrogen) atoms. The normalized spacial score (nSPS) is 19.7. The van der Waals surface area contributed by atoms with Crippen molar-refractivity contribution in [2.75, 3.05) is 30.7 Å². The van der Waals surface area contributed by atoms with Crippen molar-refractivity contribution < 1.29 is 9.59 Å². The number of halogens is 2. The van der Waals surface area contributed by atoms with Crippen LogP contribution in [0.4, 0.5) is 10.5 Å². The monoisotopic (exact) mass is 492 g/mol. The van der Waals surface area contributed by atoms with Crippen LogP contribution in [-0.4, -0.2) is 53.1 Å². The third-order valence-electron chi connectivity index (χ3n) is 5.89. The molecule has 1 spiro atoms. The molecule has 0 bridgehead atoms. The third-order valence-corrected chi connectivity index (χ3v) is 8.28. The number of nitrogens with one attached hydrogen (secondary N) is 3. The van der Waals surface area contributed by atoms with Crippen LogP contribution in [0.15, 0.2) is 48.5 Å². The highest BCUT2D eigenvalue weighted by Gasteiger charge is 2.44. The molecule has 0 saturated carbocycles. The Kier molecular flexibility index (Phi) is 7.51. The van der Waals surface area contributed by atoms with Gasteiger partial charge in [0.2, 0.25) is 5.91 Å². The Morgan fingerprint density at radius 1 is 1.09 bits per heavy atom. The first-order valence-electron chi connectivity index (χ1n) is 10.7. The van der Waals surface area contributed by atoms with Gasteiger partial charge in [0.1, 0.15) is 0 Å². The minimum Gasteiger partial charge on any atom is -0.354 e. The molecule has 0 radical (unpaired) electrons. The molecule has 0 aromatic heterocycles. The fourth-order valence-electron chi connectivity index (χ4n) is 4.04. The number of amides is 3. The fraction of sp³-hybridized carbons (Fsp3) is 0.391. The maximum atomic E-state index is 12.7. The smallest absolute Gasteiger partial charge is 0.321 e. The maximum absolute atomic E-state index is 12.7. The van der Waals surface area contributed by atoms with Crippen molar-refractivity contribution in [3.63, 3.8) is 0 Å². The average Bonchev–Trinajstić information content (AvgIpc) is 3.21. The molecule has 0 aliphatic carbocycles. The zero-order valence-corrected chi connectivity index (χ0v) is 19.9. The number of piperidine rings is 1. The van der Waals surface area contributed by atoms with Gasteiger partial charge >= 0.3 is 6.03 Å². The van der Waals surface area contributed by atoms with Crippen LogP contribution in [0.5, 0.6) is 0 Å². The van der Waals surface area contributed by atoms with Crippen LogP contribution in [-0.2, 0) is 11.2 Å². The average molecular weight is 493 g/mol. The second-order valence-corrected chi connectivity index (χ2v) is 10.2. The Labute approximate surface area is 202 Å². The van der Waals surface area contributed by atoms with Crippen molar-refractivity contribution in [3.8, 4) is 0 Å². The molecule has 2 saturated heterocycles. The van der Waals surface area contributed by atoms with Crippen molar-refractivity contribution in [2.24, 2.45) is 0 Å². The Morgan fingerprint density at radius 2 is 1.84 bits per heavy atom. The number of hydrogen-bond acceptors (Lipinski definition) is 4. The third kappa shape index (κ3) is 5.52. The summed E-state index contributed by atoms with van der Waals surface area (Å²) in [5, 5.41) is 10.2. The molecular formula is C23H26Cl2N4O2S. The molecule has 2 fully saturated rings. The van der Waals surface area contributed by atoms with E-state index in [2.05, 4.69) is 28.1 Å². The Hall–Kier alpha value is -1.93. The number of thioether (sulfide) groups is 1. The molecule has 2 aromatic carbocycles. The van der Waals surface area contributed by atoms with E-state index in [1.165, 1.54) is 5.56 Å². The summed E-state index contributed by atoms with van der Waals surface area (Å²) in [7, 11) is 0. The molecule has 1 unspecified atom stereocenters. The first kappa shape index (κ1) is 23.2. The fourth-order valence-corrected chi connectivity index (χ4v) is 5.80. The van der Waals surface area contributed by atoms with E-state index in [1.54, 1.807) is 34.9 Å². The lowest BCUT2D eigenvalue weighted by Crippen LogP contribution is -2.55. The van der Waals surface area contributed by atoms with E-state index in [0.717, 1.165) is 25.0 Å². The molecule has 4 rings (SSSR count). The van der Waals surface area contributed by atoms with Crippen LogP contribution < -0.4 is 16.0 Å². The number of urea groups is 1. The van der Waals surface area contributed by atoms with Crippen molar-refractivity contribution in [3.05, 3.63) is 64.1 Å². The van der Waals surface area contributed by atoms with Crippen molar-refractivity contribution >= 4 is 52.6 Å². The van der Waals surface area contributed by atoms with E-state index in [4.69, 9.17) is 23.2 Å². The number of hydrogen-bond donors (Lipinski definition) is 3. The lowest BCUT2D eigenvalue weighted by atomic mass is 10.0. The predicted molar refractivity (Wildman–Crippen MR) is 132 cm³/mol. The SMILES string of the molecule is O=C(NCCc1ccccc1)C1CSC2(CCN(C(=O)Nc3cccc(Cl)c3Cl)CC2)N1. The standard InChI is InChI=1S/C23H26Cl2N4O2S/c24-17-7-4-8-18(20(17)25)27-22(31)29-13-10-23(11-14-29)28-19(15-32-23)21(30)26-12-9-16-5-2-1-3-6-16/h1-8,19,28H,9-15H2,(H,26,30)(H,27,31). The summed E-state index contributed by atoms with van der Waals surface area (Å²) in [6, 6.07) is 14.9. The van der Waals surface area contributed by atoms with Gasteiger partial charge in [-0.05, 0) is 37.0 Å². The number of carbonyl (C=O) groups is 2. The van der Waals surface area contributed by atoms with E-state index in [9.17, 15) is 9.59 Å². The van der Waals surface area contributed by atoms with Crippen LogP contribution in [0, 0.1) is 0 Å². The Bertz CT molecular complexity index is 968. The first-order valence-corrected chi connectivity index (χ1v) is 12.4. The molecule has 2 aliphatic heterocycles. The molecule has 3 amide bonds. The first-order chi connectivity index (χ1) is 15.5. The van der Waals surface area contributed by atoms with Crippen LogP contribution in [0.25, 0.3) is 0 Å². The van der Waals surface area contributed by atoms with Crippen molar-refractivity contribution in [1.82, 2.24) is 15.5 Å². The van der Waals surface area contributed by atoms with Crippen LogP contribution >= 0.6 is 35.0 Å². The second kappa shape index (κ2) is 10.3. The number of anilines is 1. The van der Waals surface area contributed by atoms with Crippen LogP contribution in [0.3, 0.4) is 0 Å². The molecule has 2 heterocycles. The van der Waals surface area contributed by atoms with Crippen LogP contribution in [0.2, 0.25) is 10.0 Å². The number of likely N-dealkylation sites (tertiary alicyclic amines) is 1. The van der Waals surface area contributed by atoms with Gasteiger partial charge in [0.15, 0.2) is 0 Å². The molecule has 3 N–H and O–H groups in total. The number of rotatable bonds is 5. The molecule has 1 atom stereocenters. The van der Waals surface area contributed by atoms with Gasteiger partial charge in [-0.25, -0.2) is 4.79 Å². The zero-order chi connectivity index (χ0) is 22.6. The summed E-state index contributed by atoms with van der Waals surface area (Å²) < 4.78 is 0. The number of nitrogens with zero attached hydrogens (tertiary/aromatic N) is 1. The Morgan fingerprint density at radius 3 is 2.59 bits per heavy atom. The van der Waals surface area contributed by atoms with Gasteiger partial charge in [0, 0.05) is 25.4 Å². The minimum absolute atomic E-state index is 0.0427. The van der Waals surface area contributed by atoms with Gasteiger partial charge in [-0.2, -0.15) is 0 Å². The van der Waals surface area contributed by atoms with Gasteiger partial charge in [0.25, 0.3) is 0 Å².